The van der Waals surface area contributed by atoms with Gasteiger partial charge in [0, 0.05) is 26.1 Å². The molecule has 2 heteroatoms. The number of carbonyl (C=O) groups is 1. The molecule has 1 fully saturated rings. The fourth-order valence-electron chi connectivity index (χ4n) is 4.29. The topological polar surface area (TPSA) is 26.3 Å². The van der Waals surface area contributed by atoms with Gasteiger partial charge in [0.05, 0.1) is 0 Å². The van der Waals surface area contributed by atoms with E-state index in [1.807, 2.05) is 0 Å². The van der Waals surface area contributed by atoms with Gasteiger partial charge in [-0.25, -0.2) is 0 Å². The molecule has 0 heterocycles. The molecule has 0 saturated heterocycles. The molecule has 0 spiro atoms. The van der Waals surface area contributed by atoms with Crippen LogP contribution in [0.3, 0.4) is 0 Å². The van der Waals surface area contributed by atoms with Gasteiger partial charge < -0.3 is 4.74 Å². The average molecular weight is 319 g/mol. The summed E-state index contributed by atoms with van der Waals surface area (Å²) in [6.45, 7) is 7.56. The number of hydrogen-bond donors (Lipinski definition) is 0. The van der Waals surface area contributed by atoms with E-state index in [4.69, 9.17) is 4.74 Å². The molecule has 1 saturated carbocycles. The molecule has 0 aliphatic heterocycles. The van der Waals surface area contributed by atoms with Gasteiger partial charge in [-0.05, 0) is 70.1 Å². The highest BCUT2D eigenvalue weighted by Crippen LogP contribution is 2.46. The summed E-state index contributed by atoms with van der Waals surface area (Å²) in [5, 5.41) is 0. The van der Waals surface area contributed by atoms with Crippen LogP contribution in [0.2, 0.25) is 0 Å². The lowest BCUT2D eigenvalue weighted by Crippen LogP contribution is -2.41. The maximum absolute atomic E-state index is 12.7. The lowest BCUT2D eigenvalue weighted by molar-refractivity contribution is -0.132. The Kier molecular flexibility index (Phi) is 6.64. The number of hydrogen-bond acceptors (Lipinski definition) is 2. The van der Waals surface area contributed by atoms with Crippen molar-refractivity contribution in [1.29, 1.82) is 0 Å². The lowest BCUT2D eigenvalue weighted by atomic mass is 9.61. The Balaban J connectivity index is 2.21. The molecule has 0 aromatic carbocycles. The number of methoxy groups -OCH3 is 1. The molecular formula is C21H34O2. The number of allylic oxidation sites excluding steroid dienone is 4. The summed E-state index contributed by atoms with van der Waals surface area (Å²) in [6, 6.07) is 0. The largest absolute Gasteiger partial charge is 0.384 e. The molecule has 3 aliphatic rings. The Morgan fingerprint density at radius 2 is 1.87 bits per heavy atom. The SMILES string of the molecule is COC[C@H]1C[C@@H]2CC/C(C)=C\CC/C(C)=C\CC[C@@]1(C)CC2=O. The normalized spacial score (nSPS) is 38.3. The first-order chi connectivity index (χ1) is 10.9. The number of ether oxygens (including phenoxy) is 1. The molecule has 23 heavy (non-hydrogen) atoms. The number of rotatable bonds is 2. The number of ketones is 1. The van der Waals surface area contributed by atoms with Crippen molar-refractivity contribution in [1.82, 2.24) is 0 Å². The van der Waals surface area contributed by atoms with Gasteiger partial charge in [0.2, 0.25) is 0 Å². The zero-order valence-corrected chi connectivity index (χ0v) is 15.5. The molecule has 2 nitrogen and oxygen atoms in total. The Labute approximate surface area is 142 Å². The van der Waals surface area contributed by atoms with Crippen LogP contribution in [0.25, 0.3) is 0 Å². The molecule has 3 aliphatic carbocycles. The van der Waals surface area contributed by atoms with Gasteiger partial charge in [-0.2, -0.15) is 0 Å². The first-order valence-corrected chi connectivity index (χ1v) is 9.27. The minimum atomic E-state index is 0.107. The van der Waals surface area contributed by atoms with Crippen molar-refractivity contribution in [2.24, 2.45) is 17.3 Å². The molecule has 2 bridgehead atoms. The average Bonchev–Trinajstić information content (AvgIpc) is 2.48. The third-order valence-electron chi connectivity index (χ3n) is 6.08. The van der Waals surface area contributed by atoms with E-state index >= 15 is 0 Å². The summed E-state index contributed by atoms with van der Waals surface area (Å²) in [7, 11) is 1.79. The van der Waals surface area contributed by atoms with Gasteiger partial charge in [0.25, 0.3) is 0 Å². The Morgan fingerprint density at radius 3 is 2.61 bits per heavy atom. The number of fused-ring (bicyclic) bond motifs is 9. The Hall–Kier alpha value is -0.890. The van der Waals surface area contributed by atoms with E-state index in [2.05, 4.69) is 32.9 Å². The molecule has 0 amide bonds. The van der Waals surface area contributed by atoms with Crippen molar-refractivity contribution in [3.8, 4) is 0 Å². The second-order valence-electron chi connectivity index (χ2n) is 8.10. The van der Waals surface area contributed by atoms with Crippen LogP contribution >= 0.6 is 0 Å². The Morgan fingerprint density at radius 1 is 1.17 bits per heavy atom. The Bertz CT molecular complexity index is 474. The van der Waals surface area contributed by atoms with Crippen LogP contribution in [0.5, 0.6) is 0 Å². The van der Waals surface area contributed by atoms with E-state index in [1.54, 1.807) is 7.11 Å². The van der Waals surface area contributed by atoms with Crippen molar-refractivity contribution in [3.63, 3.8) is 0 Å². The standard InChI is InChI=1S/C21H34O2/c1-16-7-5-8-17(2)10-11-18-13-19(15-23-4)21(3,12-6-9-16)14-20(18)22/h8-9,18-19H,5-7,10-15H2,1-4H3/b16-9-,17-8-/t18-,19+,21-/m0/s1. The lowest BCUT2D eigenvalue weighted by Gasteiger charge is -2.43. The van der Waals surface area contributed by atoms with Gasteiger partial charge in [0.1, 0.15) is 5.78 Å². The van der Waals surface area contributed by atoms with Crippen LogP contribution in [0, 0.1) is 17.3 Å². The highest BCUT2D eigenvalue weighted by molar-refractivity contribution is 5.82. The zero-order chi connectivity index (χ0) is 16.9. The number of Topliss-reactive ketones (excluding diaryl/α,β-unsaturated/α-hetero) is 1. The quantitative estimate of drug-likeness (QED) is 0.630. The third kappa shape index (κ3) is 5.04. The molecule has 0 unspecified atom stereocenters. The van der Waals surface area contributed by atoms with Crippen LogP contribution in [-0.2, 0) is 9.53 Å². The number of carbonyl (C=O) groups excluding carboxylic acids is 1. The van der Waals surface area contributed by atoms with Gasteiger partial charge >= 0.3 is 0 Å². The first kappa shape index (κ1) is 18.4. The fourth-order valence-corrected chi connectivity index (χ4v) is 4.29. The molecule has 3 atom stereocenters. The van der Waals surface area contributed by atoms with Crippen molar-refractivity contribution in [2.75, 3.05) is 13.7 Å². The summed E-state index contributed by atoms with van der Waals surface area (Å²) in [4.78, 5) is 12.7. The van der Waals surface area contributed by atoms with E-state index in [9.17, 15) is 4.79 Å². The molecule has 0 N–H and O–H groups in total. The highest BCUT2D eigenvalue weighted by atomic mass is 16.5. The maximum Gasteiger partial charge on any atom is 0.136 e. The van der Waals surface area contributed by atoms with Gasteiger partial charge in [0.15, 0.2) is 0 Å². The predicted molar refractivity (Wildman–Crippen MR) is 96.4 cm³/mol. The summed E-state index contributed by atoms with van der Waals surface area (Å²) in [6.07, 6.45) is 13.1. The van der Waals surface area contributed by atoms with Gasteiger partial charge in [-0.3, -0.25) is 4.79 Å². The molecule has 0 radical (unpaired) electrons. The summed E-state index contributed by atoms with van der Waals surface area (Å²) < 4.78 is 5.51. The summed E-state index contributed by atoms with van der Waals surface area (Å²) >= 11 is 0. The van der Waals surface area contributed by atoms with Crippen LogP contribution in [0.1, 0.15) is 72.1 Å². The molecule has 0 aromatic heterocycles. The van der Waals surface area contributed by atoms with Crippen LogP contribution in [0.15, 0.2) is 23.3 Å². The van der Waals surface area contributed by atoms with Crippen molar-refractivity contribution in [3.05, 3.63) is 23.3 Å². The van der Waals surface area contributed by atoms with Crippen LogP contribution in [-0.4, -0.2) is 19.5 Å². The third-order valence-corrected chi connectivity index (χ3v) is 6.08. The second-order valence-corrected chi connectivity index (χ2v) is 8.10. The molecular weight excluding hydrogens is 284 g/mol. The monoisotopic (exact) mass is 318 g/mol. The minimum absolute atomic E-state index is 0.107. The highest BCUT2D eigenvalue weighted by Gasteiger charge is 2.43. The van der Waals surface area contributed by atoms with Crippen LogP contribution < -0.4 is 0 Å². The molecule has 130 valence electrons. The maximum atomic E-state index is 12.7. The molecule has 3 rings (SSSR count). The summed E-state index contributed by atoms with van der Waals surface area (Å²) in [5.74, 6) is 1.24. The van der Waals surface area contributed by atoms with Crippen molar-refractivity contribution >= 4 is 5.78 Å². The van der Waals surface area contributed by atoms with E-state index in [0.29, 0.717) is 11.7 Å². The van der Waals surface area contributed by atoms with Gasteiger partial charge in [-0.15, -0.1) is 0 Å². The van der Waals surface area contributed by atoms with Crippen molar-refractivity contribution in [2.45, 2.75) is 72.1 Å². The minimum Gasteiger partial charge on any atom is -0.384 e. The van der Waals surface area contributed by atoms with E-state index < -0.39 is 0 Å². The zero-order valence-electron chi connectivity index (χ0n) is 15.5. The smallest absolute Gasteiger partial charge is 0.136 e. The second kappa shape index (κ2) is 8.28. The van der Waals surface area contributed by atoms with E-state index in [-0.39, 0.29) is 11.3 Å². The summed E-state index contributed by atoms with van der Waals surface area (Å²) in [5.41, 5.74) is 3.03. The predicted octanol–water partition coefficient (Wildman–Crippen LogP) is 5.48. The van der Waals surface area contributed by atoms with Crippen molar-refractivity contribution < 1.29 is 9.53 Å². The first-order valence-electron chi connectivity index (χ1n) is 9.27. The van der Waals surface area contributed by atoms with E-state index in [0.717, 1.165) is 58.0 Å². The van der Waals surface area contributed by atoms with Gasteiger partial charge in [-0.1, -0.05) is 30.2 Å². The fraction of sp³-hybridized carbons (Fsp3) is 0.762. The molecule has 0 aromatic rings. The van der Waals surface area contributed by atoms with E-state index in [1.165, 1.54) is 11.1 Å². The van der Waals surface area contributed by atoms with Crippen LogP contribution in [0.4, 0.5) is 0 Å².